The second-order valence-corrected chi connectivity index (χ2v) is 10.4. The Balaban J connectivity index is 1.40. The van der Waals surface area contributed by atoms with E-state index < -0.39 is 0 Å². The van der Waals surface area contributed by atoms with Crippen LogP contribution < -0.4 is 0 Å². The first kappa shape index (κ1) is 18.6. The molecule has 5 rings (SSSR count). The van der Waals surface area contributed by atoms with E-state index in [1.54, 1.807) is 0 Å². The van der Waals surface area contributed by atoms with E-state index in [9.17, 15) is 9.59 Å². The Hall–Kier alpha value is -1.38. The van der Waals surface area contributed by atoms with Crippen molar-refractivity contribution in [3.05, 3.63) is 23.5 Å². The van der Waals surface area contributed by atoms with Crippen molar-refractivity contribution in [1.29, 1.82) is 0 Å². The summed E-state index contributed by atoms with van der Waals surface area (Å²) in [6.07, 6.45) is 18.6. The highest BCUT2D eigenvalue weighted by Crippen LogP contribution is 2.65. The van der Waals surface area contributed by atoms with Gasteiger partial charge in [-0.15, -0.1) is 0 Å². The lowest BCUT2D eigenvalue weighted by Crippen LogP contribution is -2.53. The van der Waals surface area contributed by atoms with Crippen LogP contribution in [0.5, 0.6) is 0 Å². The summed E-state index contributed by atoms with van der Waals surface area (Å²) in [6.45, 7) is 2.47. The maximum Gasteiger partial charge on any atom is 0.155 e. The third-order valence-corrected chi connectivity index (χ3v) is 9.23. The van der Waals surface area contributed by atoms with Crippen molar-refractivity contribution in [2.24, 2.45) is 28.6 Å². The van der Waals surface area contributed by atoms with E-state index in [4.69, 9.17) is 4.74 Å². The predicted octanol–water partition coefficient (Wildman–Crippen LogP) is 5.54. The number of rotatable bonds is 3. The minimum atomic E-state index is -0.344. The molecule has 0 aliphatic heterocycles. The largest absolute Gasteiger partial charge is 0.495 e. The van der Waals surface area contributed by atoms with Crippen LogP contribution in [0.1, 0.15) is 84.0 Å². The molecule has 0 bridgehead atoms. The number of ketones is 1. The first-order valence-electron chi connectivity index (χ1n) is 11.6. The lowest BCUT2D eigenvalue weighted by molar-refractivity contribution is -0.130. The molecule has 0 amide bonds. The molecule has 3 fully saturated rings. The quantitative estimate of drug-likeness (QED) is 0.602. The number of ether oxygens (including phenoxy) is 1. The van der Waals surface area contributed by atoms with E-state index >= 15 is 0 Å². The molecule has 3 nitrogen and oxygen atoms in total. The molecule has 6 atom stereocenters. The maximum atomic E-state index is 12.4. The molecule has 0 saturated heterocycles. The average Bonchev–Trinajstić information content (AvgIpc) is 3.05. The van der Waals surface area contributed by atoms with Crippen LogP contribution in [0.2, 0.25) is 0 Å². The lowest BCUT2D eigenvalue weighted by Gasteiger charge is -2.57. The minimum Gasteiger partial charge on any atom is -0.495 e. The van der Waals surface area contributed by atoms with Crippen LogP contribution in [0.4, 0.5) is 0 Å². The third kappa shape index (κ3) is 2.68. The standard InChI is InChI=1S/C25H34O3/c1-24-13-12-22-20(8-7-17-15-18(27)11-14-25(17,22)16-26)21(24)9-10-23(24)28-19-5-3-2-4-6-19/h5,15-16,20-23H,2-4,6-14H2,1H3/t20-,21-,22+,23?,24-,25+/m0/s1. The van der Waals surface area contributed by atoms with Crippen LogP contribution in [-0.4, -0.2) is 18.2 Å². The van der Waals surface area contributed by atoms with E-state index in [0.29, 0.717) is 30.3 Å². The molecule has 0 heterocycles. The molecule has 28 heavy (non-hydrogen) atoms. The van der Waals surface area contributed by atoms with Gasteiger partial charge in [-0.25, -0.2) is 0 Å². The van der Waals surface area contributed by atoms with Crippen LogP contribution in [-0.2, 0) is 14.3 Å². The van der Waals surface area contributed by atoms with Gasteiger partial charge in [-0.1, -0.05) is 12.5 Å². The molecule has 0 spiro atoms. The molecule has 5 aliphatic rings. The van der Waals surface area contributed by atoms with Gasteiger partial charge in [0, 0.05) is 18.3 Å². The van der Waals surface area contributed by atoms with Crippen LogP contribution in [0, 0.1) is 28.6 Å². The minimum absolute atomic E-state index is 0.224. The molecule has 0 aromatic heterocycles. The van der Waals surface area contributed by atoms with Crippen molar-refractivity contribution < 1.29 is 14.3 Å². The normalized spacial score (nSPS) is 45.2. The van der Waals surface area contributed by atoms with E-state index in [1.807, 2.05) is 6.08 Å². The Morgan fingerprint density at radius 3 is 2.71 bits per heavy atom. The summed E-state index contributed by atoms with van der Waals surface area (Å²) >= 11 is 0. The van der Waals surface area contributed by atoms with Gasteiger partial charge in [0.15, 0.2) is 5.78 Å². The fraction of sp³-hybridized carbons (Fsp3) is 0.760. The zero-order valence-corrected chi connectivity index (χ0v) is 17.3. The first-order chi connectivity index (χ1) is 13.6. The maximum absolute atomic E-state index is 12.4. The second-order valence-electron chi connectivity index (χ2n) is 10.4. The Bertz CT molecular complexity index is 734. The predicted molar refractivity (Wildman–Crippen MR) is 109 cm³/mol. The summed E-state index contributed by atoms with van der Waals surface area (Å²) in [4.78, 5) is 24.4. The smallest absolute Gasteiger partial charge is 0.155 e. The van der Waals surface area contributed by atoms with Gasteiger partial charge in [0.25, 0.3) is 0 Å². The number of carbonyl (C=O) groups is 2. The van der Waals surface area contributed by atoms with Gasteiger partial charge >= 0.3 is 0 Å². The Morgan fingerprint density at radius 2 is 1.93 bits per heavy atom. The molecule has 0 aromatic carbocycles. The summed E-state index contributed by atoms with van der Waals surface area (Å²) in [5.74, 6) is 3.18. The van der Waals surface area contributed by atoms with Crippen molar-refractivity contribution in [1.82, 2.24) is 0 Å². The highest BCUT2D eigenvalue weighted by Gasteiger charge is 2.61. The summed E-state index contributed by atoms with van der Waals surface area (Å²) in [6, 6.07) is 0. The number of carbonyl (C=O) groups excluding carboxylic acids is 2. The average molecular weight is 383 g/mol. The Kier molecular flexibility index (Phi) is 4.56. The van der Waals surface area contributed by atoms with Gasteiger partial charge in [-0.3, -0.25) is 4.79 Å². The summed E-state index contributed by atoms with van der Waals surface area (Å²) < 4.78 is 6.61. The molecular weight excluding hydrogens is 348 g/mol. The zero-order valence-electron chi connectivity index (χ0n) is 17.3. The van der Waals surface area contributed by atoms with Crippen LogP contribution in [0.3, 0.4) is 0 Å². The van der Waals surface area contributed by atoms with Gasteiger partial charge < -0.3 is 9.53 Å². The second kappa shape index (κ2) is 6.85. The summed E-state index contributed by atoms with van der Waals surface area (Å²) in [7, 11) is 0. The molecule has 1 unspecified atom stereocenters. The number of allylic oxidation sites excluding steroid dienone is 3. The molecule has 152 valence electrons. The molecule has 0 N–H and O–H groups in total. The van der Waals surface area contributed by atoms with E-state index in [0.717, 1.165) is 50.5 Å². The van der Waals surface area contributed by atoms with Crippen molar-refractivity contribution >= 4 is 12.1 Å². The van der Waals surface area contributed by atoms with Gasteiger partial charge in [-0.2, -0.15) is 0 Å². The highest BCUT2D eigenvalue weighted by atomic mass is 16.5. The van der Waals surface area contributed by atoms with Crippen LogP contribution >= 0.6 is 0 Å². The molecule has 3 heteroatoms. The lowest BCUT2D eigenvalue weighted by atomic mass is 9.47. The van der Waals surface area contributed by atoms with Crippen molar-refractivity contribution in [2.45, 2.75) is 90.1 Å². The number of hydrogen-bond donors (Lipinski definition) is 0. The van der Waals surface area contributed by atoms with Gasteiger partial charge in [-0.05, 0) is 94.1 Å². The van der Waals surface area contributed by atoms with Crippen molar-refractivity contribution in [2.75, 3.05) is 0 Å². The van der Waals surface area contributed by atoms with Crippen molar-refractivity contribution in [3.63, 3.8) is 0 Å². The van der Waals surface area contributed by atoms with Gasteiger partial charge in [0.2, 0.25) is 0 Å². The van der Waals surface area contributed by atoms with Gasteiger partial charge in [0.1, 0.15) is 12.4 Å². The fourth-order valence-corrected chi connectivity index (χ4v) is 7.74. The number of hydrogen-bond acceptors (Lipinski definition) is 3. The zero-order chi connectivity index (χ0) is 19.4. The van der Waals surface area contributed by atoms with Crippen LogP contribution in [0.25, 0.3) is 0 Å². The molecule has 0 radical (unpaired) electrons. The Morgan fingerprint density at radius 1 is 1.04 bits per heavy atom. The fourth-order valence-electron chi connectivity index (χ4n) is 7.74. The van der Waals surface area contributed by atoms with E-state index in [2.05, 4.69) is 13.0 Å². The summed E-state index contributed by atoms with van der Waals surface area (Å²) in [5.41, 5.74) is 1.06. The van der Waals surface area contributed by atoms with E-state index in [1.165, 1.54) is 37.7 Å². The number of fused-ring (bicyclic) bond motifs is 5. The molecular formula is C25H34O3. The molecule has 5 aliphatic carbocycles. The van der Waals surface area contributed by atoms with Crippen molar-refractivity contribution in [3.8, 4) is 0 Å². The molecule has 3 saturated carbocycles. The first-order valence-corrected chi connectivity index (χ1v) is 11.6. The summed E-state index contributed by atoms with van der Waals surface area (Å²) in [5, 5.41) is 0. The third-order valence-electron chi connectivity index (χ3n) is 9.23. The Labute approximate surface area is 169 Å². The van der Waals surface area contributed by atoms with Gasteiger partial charge in [0.05, 0.1) is 11.2 Å². The highest BCUT2D eigenvalue weighted by molar-refractivity contribution is 5.93. The monoisotopic (exact) mass is 382 g/mol. The number of aldehydes is 1. The van der Waals surface area contributed by atoms with E-state index in [-0.39, 0.29) is 16.6 Å². The molecule has 0 aromatic rings. The topological polar surface area (TPSA) is 43.4 Å². The SMILES string of the molecule is C[C@]12CC[C@@H]3[C@@H](CCC4=CC(=O)CC[C@@]43C=O)[C@@H]1CCC2OC1=CCCCC1. The van der Waals surface area contributed by atoms with Crippen LogP contribution in [0.15, 0.2) is 23.5 Å².